The highest BCUT2D eigenvalue weighted by molar-refractivity contribution is 6.74. The lowest BCUT2D eigenvalue weighted by Gasteiger charge is -2.20. The molecule has 0 aromatic heterocycles. The molecule has 1 rings (SSSR count). The van der Waals surface area contributed by atoms with Gasteiger partial charge in [-0.1, -0.05) is 29.3 Å². The van der Waals surface area contributed by atoms with E-state index in [1.54, 1.807) is 6.07 Å². The van der Waals surface area contributed by atoms with Crippen molar-refractivity contribution in [3.63, 3.8) is 0 Å². The first kappa shape index (κ1) is 9.17. The lowest BCUT2D eigenvalue weighted by atomic mass is 9.74. The molecule has 0 saturated heterocycles. The summed E-state index contributed by atoms with van der Waals surface area (Å²) in [6.45, 7) is -1.89. The first-order chi connectivity index (χ1) is 5.43. The lowest BCUT2D eigenvalue weighted by molar-refractivity contribution is 0.500. The van der Waals surface area contributed by atoms with Crippen LogP contribution in [-0.2, 0) is 0 Å². The first-order valence-electron chi connectivity index (χ1n) is 3.69. The third-order valence-corrected chi connectivity index (χ3v) is 1.87. The highest BCUT2D eigenvalue weighted by Crippen LogP contribution is 2.14. The maximum Gasteiger partial charge on any atom is 0.510 e. The summed E-state index contributed by atoms with van der Waals surface area (Å²) in [7, 11) is 0. The monoisotopic (exact) mass is 173 g/mol. The molecule has 0 saturated carbocycles. The summed E-state index contributed by atoms with van der Waals surface area (Å²) in [6.07, 6.45) is 0. The van der Waals surface area contributed by atoms with E-state index in [9.17, 15) is 12.9 Å². The Labute approximate surface area is 69.5 Å². The van der Waals surface area contributed by atoms with E-state index in [1.807, 2.05) is 0 Å². The molecule has 0 N–H and O–H groups in total. The molecule has 0 spiro atoms. The normalized spacial score (nSPS) is 11.8. The molecule has 0 unspecified atom stereocenters. The number of halogens is 3. The van der Waals surface area contributed by atoms with Crippen LogP contribution in [0.5, 0.6) is 0 Å². The molecule has 0 atom stereocenters. The maximum atomic E-state index is 12.4. The summed E-state index contributed by atoms with van der Waals surface area (Å²) in [5.74, 6) is 0. The van der Waals surface area contributed by atoms with Gasteiger partial charge in [0.25, 0.3) is 0 Å². The topological polar surface area (TPSA) is 0 Å². The molecular weight excluding hydrogens is 164 g/mol. The summed E-state index contributed by atoms with van der Waals surface area (Å²) in [5, 5.41) is 0. The fourth-order valence-corrected chi connectivity index (χ4v) is 1.34. The molecule has 0 aliphatic carbocycles. The van der Waals surface area contributed by atoms with Gasteiger partial charge in [0.15, 0.2) is 0 Å². The summed E-state index contributed by atoms with van der Waals surface area (Å²) in [4.78, 5) is 0. The zero-order valence-corrected chi connectivity index (χ0v) is 6.94. The van der Waals surface area contributed by atoms with Crippen LogP contribution in [0.4, 0.5) is 12.9 Å². The number of benzene rings is 1. The quantitative estimate of drug-likeness (QED) is 0.571. The minimum atomic E-state index is -4.85. The Kier molecular flexibility index (Phi) is 2.17. The average Bonchev–Trinajstić information content (AvgIpc) is 1.82. The minimum absolute atomic E-state index is 0.308. The van der Waals surface area contributed by atoms with Gasteiger partial charge in [-0.2, -0.15) is 0 Å². The Hall–Kier alpha value is -0.925. The van der Waals surface area contributed by atoms with Crippen molar-refractivity contribution in [3.05, 3.63) is 29.3 Å². The van der Waals surface area contributed by atoms with Gasteiger partial charge >= 0.3 is 6.98 Å². The molecule has 0 amide bonds. The summed E-state index contributed by atoms with van der Waals surface area (Å²) in [5.41, 5.74) is 0.169. The molecule has 0 heterocycles. The van der Waals surface area contributed by atoms with Crippen LogP contribution in [-0.4, -0.2) is 6.98 Å². The fraction of sp³-hybridized carbons (Fsp3) is 0.250. The van der Waals surface area contributed by atoms with Crippen molar-refractivity contribution in [2.24, 2.45) is 0 Å². The Morgan fingerprint density at radius 2 is 1.42 bits per heavy atom. The highest BCUT2D eigenvalue weighted by Gasteiger charge is 2.28. The molecule has 0 fully saturated rings. The van der Waals surface area contributed by atoms with Crippen LogP contribution in [0.2, 0.25) is 0 Å². The van der Waals surface area contributed by atoms with Crippen molar-refractivity contribution in [2.45, 2.75) is 13.8 Å². The van der Waals surface area contributed by atoms with E-state index in [1.165, 1.54) is 26.0 Å². The first-order valence-corrected chi connectivity index (χ1v) is 3.69. The van der Waals surface area contributed by atoms with E-state index < -0.39 is 12.4 Å². The molecule has 0 aliphatic heterocycles. The fourth-order valence-electron chi connectivity index (χ4n) is 1.34. The second kappa shape index (κ2) is 2.85. The van der Waals surface area contributed by atoms with Crippen LogP contribution in [0.15, 0.2) is 18.2 Å². The van der Waals surface area contributed by atoms with E-state index in [4.69, 9.17) is 0 Å². The van der Waals surface area contributed by atoms with Gasteiger partial charge in [-0.15, -0.1) is 5.46 Å². The largest absolute Gasteiger partial charge is 0.510 e. The Morgan fingerprint density at radius 3 is 1.67 bits per heavy atom. The van der Waals surface area contributed by atoms with Gasteiger partial charge in [0, 0.05) is 0 Å². The van der Waals surface area contributed by atoms with Gasteiger partial charge in [-0.05, 0) is 13.8 Å². The number of hydrogen-bond acceptors (Lipinski definition) is 0. The van der Waals surface area contributed by atoms with Gasteiger partial charge in [0.1, 0.15) is 0 Å². The van der Waals surface area contributed by atoms with Gasteiger partial charge in [-0.3, -0.25) is 0 Å². The van der Waals surface area contributed by atoms with Crippen molar-refractivity contribution in [3.8, 4) is 0 Å². The van der Waals surface area contributed by atoms with E-state index in [0.29, 0.717) is 11.1 Å². The maximum absolute atomic E-state index is 12.4. The van der Waals surface area contributed by atoms with E-state index >= 15 is 0 Å². The van der Waals surface area contributed by atoms with Crippen LogP contribution < -0.4 is 5.46 Å². The SMILES string of the molecule is Cc1cccc(C)c1[B-](F)(F)F. The highest BCUT2D eigenvalue weighted by atomic mass is 19.4. The van der Waals surface area contributed by atoms with Crippen LogP contribution in [0.1, 0.15) is 11.1 Å². The van der Waals surface area contributed by atoms with Crippen LogP contribution in [0.3, 0.4) is 0 Å². The lowest BCUT2D eigenvalue weighted by Crippen LogP contribution is -2.38. The summed E-state index contributed by atoms with van der Waals surface area (Å²) < 4.78 is 37.1. The van der Waals surface area contributed by atoms with Gasteiger partial charge < -0.3 is 12.9 Å². The zero-order valence-electron chi connectivity index (χ0n) is 6.94. The Balaban J connectivity index is 3.31. The predicted molar refractivity (Wildman–Crippen MR) is 44.6 cm³/mol. The number of rotatable bonds is 1. The van der Waals surface area contributed by atoms with Crippen molar-refractivity contribution >= 4 is 12.4 Å². The van der Waals surface area contributed by atoms with Crippen molar-refractivity contribution in [1.82, 2.24) is 0 Å². The molecule has 0 bridgehead atoms. The standard InChI is InChI=1S/C8H9BF3/c1-6-4-3-5-7(2)8(6)9(10,11)12/h3-5H,1-2H3/q-1. The molecule has 12 heavy (non-hydrogen) atoms. The second-order valence-corrected chi connectivity index (χ2v) is 2.88. The third-order valence-electron chi connectivity index (χ3n) is 1.87. The molecule has 1 aromatic rings. The minimum Gasteiger partial charge on any atom is -0.445 e. The molecule has 0 aliphatic rings. The Morgan fingerprint density at radius 1 is 1.00 bits per heavy atom. The molecular formula is C8H9BF3-. The van der Waals surface area contributed by atoms with Gasteiger partial charge in [0.05, 0.1) is 0 Å². The molecule has 0 radical (unpaired) electrons. The molecule has 66 valence electrons. The van der Waals surface area contributed by atoms with Crippen molar-refractivity contribution in [1.29, 1.82) is 0 Å². The average molecular weight is 173 g/mol. The van der Waals surface area contributed by atoms with Gasteiger partial charge in [-0.25, -0.2) is 0 Å². The third kappa shape index (κ3) is 1.63. The van der Waals surface area contributed by atoms with Crippen molar-refractivity contribution < 1.29 is 12.9 Å². The molecule has 0 nitrogen and oxygen atoms in total. The predicted octanol–water partition coefficient (Wildman–Crippen LogP) is 2.36. The van der Waals surface area contributed by atoms with Gasteiger partial charge in [0.2, 0.25) is 0 Å². The van der Waals surface area contributed by atoms with E-state index in [2.05, 4.69) is 0 Å². The smallest absolute Gasteiger partial charge is 0.445 e. The molecule has 4 heteroatoms. The second-order valence-electron chi connectivity index (χ2n) is 2.88. The number of aryl methyl sites for hydroxylation is 2. The van der Waals surface area contributed by atoms with Crippen LogP contribution >= 0.6 is 0 Å². The summed E-state index contributed by atoms with van der Waals surface area (Å²) in [6, 6.07) is 4.60. The van der Waals surface area contributed by atoms with E-state index in [0.717, 1.165) is 0 Å². The Bertz CT molecular complexity index is 271. The van der Waals surface area contributed by atoms with Crippen molar-refractivity contribution in [2.75, 3.05) is 0 Å². The summed E-state index contributed by atoms with van der Waals surface area (Å²) >= 11 is 0. The van der Waals surface area contributed by atoms with Crippen LogP contribution in [0.25, 0.3) is 0 Å². The van der Waals surface area contributed by atoms with E-state index in [-0.39, 0.29) is 0 Å². The zero-order chi connectivity index (χ0) is 9.35. The van der Waals surface area contributed by atoms with Crippen LogP contribution in [0, 0.1) is 13.8 Å². The molecule has 1 aromatic carbocycles. The number of hydrogen-bond donors (Lipinski definition) is 0.